The summed E-state index contributed by atoms with van der Waals surface area (Å²) in [6.07, 6.45) is 1.92. The molecule has 96 valence electrons. The molecule has 0 atom stereocenters. The van der Waals surface area contributed by atoms with E-state index in [-0.39, 0.29) is 5.91 Å². The molecule has 3 nitrogen and oxygen atoms in total. The molecular formula is C14H16ClNO2. The summed E-state index contributed by atoms with van der Waals surface area (Å²) in [5, 5.41) is 3.95. The summed E-state index contributed by atoms with van der Waals surface area (Å²) in [6, 6.07) is 9.90. The topological polar surface area (TPSA) is 42.2 Å². The summed E-state index contributed by atoms with van der Waals surface area (Å²) in [6.45, 7) is 0.598. The number of rotatable bonds is 6. The Morgan fingerprint density at radius 3 is 2.94 bits per heavy atom. The molecule has 4 heteroatoms. The number of furan rings is 1. The number of amides is 1. The number of benzene rings is 1. The lowest BCUT2D eigenvalue weighted by Crippen LogP contribution is -2.25. The van der Waals surface area contributed by atoms with Crippen LogP contribution in [0.1, 0.15) is 18.6 Å². The highest BCUT2D eigenvalue weighted by Gasteiger charge is 2.04. The molecule has 18 heavy (non-hydrogen) atoms. The van der Waals surface area contributed by atoms with Crippen molar-refractivity contribution in [2.75, 3.05) is 12.4 Å². The zero-order chi connectivity index (χ0) is 12.8. The van der Waals surface area contributed by atoms with Gasteiger partial charge in [-0.3, -0.25) is 4.79 Å². The van der Waals surface area contributed by atoms with E-state index in [4.69, 9.17) is 16.0 Å². The van der Waals surface area contributed by atoms with Crippen LogP contribution < -0.4 is 5.32 Å². The third-order valence-electron chi connectivity index (χ3n) is 2.71. The molecule has 2 rings (SSSR count). The molecule has 0 aliphatic carbocycles. The summed E-state index contributed by atoms with van der Waals surface area (Å²) in [7, 11) is 0. The molecule has 0 saturated carbocycles. The minimum absolute atomic E-state index is 0.0479. The van der Waals surface area contributed by atoms with Crippen LogP contribution in [-0.4, -0.2) is 18.3 Å². The summed E-state index contributed by atoms with van der Waals surface area (Å²) in [5.74, 6) is 1.47. The van der Waals surface area contributed by atoms with E-state index in [9.17, 15) is 4.79 Å². The van der Waals surface area contributed by atoms with E-state index in [1.807, 2.05) is 30.3 Å². The Kier molecular flexibility index (Phi) is 4.65. The first-order chi connectivity index (χ1) is 8.79. The van der Waals surface area contributed by atoms with Gasteiger partial charge in [-0.1, -0.05) is 18.2 Å². The molecule has 1 aromatic heterocycles. The van der Waals surface area contributed by atoms with E-state index in [0.717, 1.165) is 23.2 Å². The van der Waals surface area contributed by atoms with Crippen molar-refractivity contribution in [2.24, 2.45) is 0 Å². The molecular weight excluding hydrogens is 250 g/mol. The van der Waals surface area contributed by atoms with Crippen molar-refractivity contribution in [1.82, 2.24) is 5.32 Å². The third-order valence-corrected chi connectivity index (χ3v) is 2.97. The van der Waals surface area contributed by atoms with Gasteiger partial charge in [-0.05, 0) is 18.6 Å². The molecule has 0 aliphatic rings. The largest absolute Gasteiger partial charge is 0.461 e. The molecule has 1 amide bonds. The Bertz CT molecular complexity index is 488. The lowest BCUT2D eigenvalue weighted by Gasteiger charge is -2.02. The molecule has 0 spiro atoms. The molecule has 0 fully saturated rings. The number of nitrogens with one attached hydrogen (secondary N) is 1. The fourth-order valence-corrected chi connectivity index (χ4v) is 1.93. The van der Waals surface area contributed by atoms with Gasteiger partial charge in [0.05, 0.1) is 0 Å². The van der Waals surface area contributed by atoms with Gasteiger partial charge in [0.1, 0.15) is 11.3 Å². The Balaban J connectivity index is 1.81. The smallest absolute Gasteiger partial charge is 0.220 e. The molecule has 0 aliphatic heterocycles. The number of alkyl halides is 1. The van der Waals surface area contributed by atoms with Crippen LogP contribution in [0.5, 0.6) is 0 Å². The summed E-state index contributed by atoms with van der Waals surface area (Å²) in [5.41, 5.74) is 0.890. The first kappa shape index (κ1) is 13.0. The molecule has 2 aromatic rings. The van der Waals surface area contributed by atoms with Gasteiger partial charge < -0.3 is 9.73 Å². The predicted octanol–water partition coefficient (Wildman–Crippen LogP) is 3.11. The van der Waals surface area contributed by atoms with Crippen molar-refractivity contribution in [3.8, 4) is 0 Å². The average molecular weight is 266 g/mol. The minimum atomic E-state index is 0.0479. The normalized spacial score (nSPS) is 10.7. The van der Waals surface area contributed by atoms with Crippen molar-refractivity contribution in [3.05, 3.63) is 36.1 Å². The van der Waals surface area contributed by atoms with Crippen LogP contribution in [0.4, 0.5) is 0 Å². The SMILES string of the molecule is O=C(CCCCl)NCCc1cc2ccccc2o1. The van der Waals surface area contributed by atoms with Gasteiger partial charge in [-0.25, -0.2) is 0 Å². The van der Waals surface area contributed by atoms with Gasteiger partial charge >= 0.3 is 0 Å². The van der Waals surface area contributed by atoms with Gasteiger partial charge in [0.15, 0.2) is 0 Å². The van der Waals surface area contributed by atoms with Gasteiger partial charge in [0.2, 0.25) is 5.91 Å². The fraction of sp³-hybridized carbons (Fsp3) is 0.357. The molecule has 0 bridgehead atoms. The Hall–Kier alpha value is -1.48. The highest BCUT2D eigenvalue weighted by molar-refractivity contribution is 6.17. The van der Waals surface area contributed by atoms with Crippen LogP contribution in [-0.2, 0) is 11.2 Å². The molecule has 0 saturated heterocycles. The number of para-hydroxylation sites is 1. The molecule has 1 N–H and O–H groups in total. The van der Waals surface area contributed by atoms with E-state index >= 15 is 0 Å². The number of carbonyl (C=O) groups is 1. The molecule has 1 heterocycles. The maximum Gasteiger partial charge on any atom is 0.220 e. The fourth-order valence-electron chi connectivity index (χ4n) is 1.80. The second-order valence-electron chi connectivity index (χ2n) is 4.14. The first-order valence-electron chi connectivity index (χ1n) is 6.09. The highest BCUT2D eigenvalue weighted by Crippen LogP contribution is 2.18. The second kappa shape index (κ2) is 6.45. The lowest BCUT2D eigenvalue weighted by atomic mass is 10.2. The highest BCUT2D eigenvalue weighted by atomic mass is 35.5. The lowest BCUT2D eigenvalue weighted by molar-refractivity contribution is -0.121. The van der Waals surface area contributed by atoms with Gasteiger partial charge in [0, 0.05) is 30.7 Å². The minimum Gasteiger partial charge on any atom is -0.461 e. The maximum absolute atomic E-state index is 11.4. The van der Waals surface area contributed by atoms with Crippen molar-refractivity contribution in [1.29, 1.82) is 0 Å². The summed E-state index contributed by atoms with van der Waals surface area (Å²) in [4.78, 5) is 11.4. The zero-order valence-electron chi connectivity index (χ0n) is 10.1. The van der Waals surface area contributed by atoms with Gasteiger partial charge in [0.25, 0.3) is 0 Å². The summed E-state index contributed by atoms with van der Waals surface area (Å²) >= 11 is 5.53. The first-order valence-corrected chi connectivity index (χ1v) is 6.63. The average Bonchev–Trinajstić information content (AvgIpc) is 2.79. The van der Waals surface area contributed by atoms with Crippen LogP contribution in [0.2, 0.25) is 0 Å². The van der Waals surface area contributed by atoms with Crippen LogP contribution in [0.3, 0.4) is 0 Å². The standard InChI is InChI=1S/C14H16ClNO2/c15-8-3-6-14(17)16-9-7-12-10-11-4-1-2-5-13(11)18-12/h1-2,4-5,10H,3,6-9H2,(H,16,17). The number of fused-ring (bicyclic) bond motifs is 1. The summed E-state index contributed by atoms with van der Waals surface area (Å²) < 4.78 is 5.66. The third kappa shape index (κ3) is 3.50. The van der Waals surface area contributed by atoms with E-state index in [1.165, 1.54) is 0 Å². The quantitative estimate of drug-likeness (QED) is 0.816. The van der Waals surface area contributed by atoms with E-state index in [0.29, 0.717) is 25.3 Å². The van der Waals surface area contributed by atoms with Gasteiger partial charge in [-0.2, -0.15) is 0 Å². The number of carbonyl (C=O) groups excluding carboxylic acids is 1. The zero-order valence-corrected chi connectivity index (χ0v) is 10.9. The Morgan fingerprint density at radius 2 is 2.17 bits per heavy atom. The van der Waals surface area contributed by atoms with Gasteiger partial charge in [-0.15, -0.1) is 11.6 Å². The van der Waals surface area contributed by atoms with Crippen molar-refractivity contribution < 1.29 is 9.21 Å². The van der Waals surface area contributed by atoms with Crippen LogP contribution in [0.25, 0.3) is 11.0 Å². The van der Waals surface area contributed by atoms with Crippen LogP contribution in [0, 0.1) is 0 Å². The Morgan fingerprint density at radius 1 is 1.33 bits per heavy atom. The van der Waals surface area contributed by atoms with Crippen molar-refractivity contribution in [3.63, 3.8) is 0 Å². The predicted molar refractivity (Wildman–Crippen MR) is 72.9 cm³/mol. The van der Waals surface area contributed by atoms with Crippen molar-refractivity contribution in [2.45, 2.75) is 19.3 Å². The molecule has 0 unspecified atom stereocenters. The van der Waals surface area contributed by atoms with E-state index < -0.39 is 0 Å². The number of hydrogen-bond acceptors (Lipinski definition) is 2. The number of halogens is 1. The molecule has 0 radical (unpaired) electrons. The van der Waals surface area contributed by atoms with E-state index in [1.54, 1.807) is 0 Å². The number of hydrogen-bond donors (Lipinski definition) is 1. The maximum atomic E-state index is 11.4. The van der Waals surface area contributed by atoms with Crippen LogP contribution in [0.15, 0.2) is 34.7 Å². The monoisotopic (exact) mass is 265 g/mol. The van der Waals surface area contributed by atoms with E-state index in [2.05, 4.69) is 5.32 Å². The molecule has 1 aromatic carbocycles. The second-order valence-corrected chi connectivity index (χ2v) is 4.52. The Labute approximate surface area is 111 Å². The van der Waals surface area contributed by atoms with Crippen molar-refractivity contribution >= 4 is 28.5 Å². The van der Waals surface area contributed by atoms with Crippen LogP contribution >= 0.6 is 11.6 Å².